The van der Waals surface area contributed by atoms with Gasteiger partial charge in [0.15, 0.2) is 0 Å². The van der Waals surface area contributed by atoms with Crippen molar-refractivity contribution >= 4 is 58.0 Å². The summed E-state index contributed by atoms with van der Waals surface area (Å²) in [5, 5.41) is 4.85. The third kappa shape index (κ3) is 6.10. The van der Waals surface area contributed by atoms with Gasteiger partial charge in [-0.15, -0.1) is 0 Å². The number of carbonyl (C=O) groups excluding carboxylic acids is 1. The molecule has 23 heavy (non-hydrogen) atoms. The molecule has 0 aliphatic carbocycles. The number of hydrogen-bond donors (Lipinski definition) is 2. The number of anilines is 1. The smallest absolute Gasteiger partial charge is 0.361 e. The lowest BCUT2D eigenvalue weighted by molar-refractivity contribution is -0.137. The molecule has 0 bridgehead atoms. The predicted molar refractivity (Wildman–Crippen MR) is 87.1 cm³/mol. The summed E-state index contributed by atoms with van der Waals surface area (Å²) in [6, 6.07) is 2.66. The fraction of sp³-hybridized carbons (Fsp3) is 0.462. The van der Waals surface area contributed by atoms with Crippen LogP contribution in [-0.2, 0) is 11.0 Å². The van der Waals surface area contributed by atoms with E-state index in [1.54, 1.807) is 13.8 Å². The molecule has 0 saturated carbocycles. The Morgan fingerprint density at radius 3 is 2.13 bits per heavy atom. The molecule has 1 amide bonds. The minimum Gasteiger partial charge on any atom is -0.361 e. The molecule has 0 heterocycles. The van der Waals surface area contributed by atoms with Crippen molar-refractivity contribution in [3.63, 3.8) is 0 Å². The molecule has 0 unspecified atom stereocenters. The summed E-state index contributed by atoms with van der Waals surface area (Å²) >= 11 is 23.2. The van der Waals surface area contributed by atoms with E-state index in [9.17, 15) is 18.0 Å². The van der Waals surface area contributed by atoms with Crippen LogP contribution in [0.5, 0.6) is 0 Å². The lowest BCUT2D eigenvalue weighted by Crippen LogP contribution is -2.50. The van der Waals surface area contributed by atoms with E-state index >= 15 is 0 Å². The molecule has 0 aliphatic heterocycles. The molecular formula is C13H13Cl4F3N2O. The van der Waals surface area contributed by atoms with Gasteiger partial charge in [0.1, 0.15) is 6.17 Å². The summed E-state index contributed by atoms with van der Waals surface area (Å²) < 4.78 is 35.9. The highest BCUT2D eigenvalue weighted by Crippen LogP contribution is 2.36. The molecular weight excluding hydrogens is 399 g/mol. The second kappa shape index (κ2) is 7.55. The Balaban J connectivity index is 3.03. The zero-order valence-electron chi connectivity index (χ0n) is 11.9. The number of nitrogens with one attached hydrogen (secondary N) is 2. The average molecular weight is 412 g/mol. The van der Waals surface area contributed by atoms with Crippen LogP contribution in [0.25, 0.3) is 0 Å². The molecule has 2 N–H and O–H groups in total. The molecule has 3 nitrogen and oxygen atoms in total. The van der Waals surface area contributed by atoms with Crippen molar-refractivity contribution in [1.82, 2.24) is 5.32 Å². The third-order valence-electron chi connectivity index (χ3n) is 2.73. The molecule has 0 fully saturated rings. The first-order valence-corrected chi connectivity index (χ1v) is 7.84. The van der Waals surface area contributed by atoms with Crippen LogP contribution >= 0.6 is 46.4 Å². The van der Waals surface area contributed by atoms with Gasteiger partial charge < -0.3 is 10.6 Å². The molecule has 0 saturated heterocycles. The van der Waals surface area contributed by atoms with E-state index in [0.717, 1.165) is 18.2 Å². The molecule has 0 spiro atoms. The Kier molecular flexibility index (Phi) is 6.73. The van der Waals surface area contributed by atoms with Gasteiger partial charge in [-0.05, 0) is 18.2 Å². The molecule has 1 aromatic carbocycles. The van der Waals surface area contributed by atoms with Crippen LogP contribution in [0.3, 0.4) is 0 Å². The maximum Gasteiger partial charge on any atom is 0.416 e. The SMILES string of the molecule is CC(C)C(=O)N[C@H](Nc1ccc(C(F)(F)F)cc1Cl)C(Cl)(Cl)Cl. The van der Waals surface area contributed by atoms with Crippen molar-refractivity contribution in [3.8, 4) is 0 Å². The number of alkyl halides is 6. The quantitative estimate of drug-likeness (QED) is 0.525. The van der Waals surface area contributed by atoms with Gasteiger partial charge in [0, 0.05) is 5.92 Å². The monoisotopic (exact) mass is 410 g/mol. The normalized spacial score (nSPS) is 13.8. The van der Waals surface area contributed by atoms with E-state index in [1.165, 1.54) is 0 Å². The first kappa shape index (κ1) is 20.5. The van der Waals surface area contributed by atoms with E-state index in [-0.39, 0.29) is 16.6 Å². The number of benzene rings is 1. The summed E-state index contributed by atoms with van der Waals surface area (Å²) in [6.07, 6.45) is -5.71. The third-order valence-corrected chi connectivity index (χ3v) is 3.70. The summed E-state index contributed by atoms with van der Waals surface area (Å²) in [5.41, 5.74) is -0.829. The fourth-order valence-corrected chi connectivity index (χ4v) is 2.04. The molecule has 1 atom stereocenters. The number of halogens is 7. The van der Waals surface area contributed by atoms with Crippen LogP contribution in [0.15, 0.2) is 18.2 Å². The predicted octanol–water partition coefficient (Wildman–Crippen LogP) is 5.24. The molecule has 1 aromatic rings. The molecule has 0 aliphatic rings. The lowest BCUT2D eigenvalue weighted by atomic mass is 10.2. The van der Waals surface area contributed by atoms with Gasteiger partial charge >= 0.3 is 6.18 Å². The highest BCUT2D eigenvalue weighted by atomic mass is 35.6. The van der Waals surface area contributed by atoms with Gasteiger partial charge in [0.2, 0.25) is 9.70 Å². The summed E-state index contributed by atoms with van der Waals surface area (Å²) in [4.78, 5) is 11.8. The van der Waals surface area contributed by atoms with Crippen molar-refractivity contribution in [3.05, 3.63) is 28.8 Å². The van der Waals surface area contributed by atoms with E-state index in [1.807, 2.05) is 0 Å². The maximum atomic E-state index is 12.6. The average Bonchev–Trinajstić information content (AvgIpc) is 2.37. The Labute approximate surface area is 151 Å². The standard InChI is InChI=1S/C13H13Cl4F3N2O/c1-6(2)10(23)22-11(12(15,16)17)21-9-4-3-7(5-8(9)14)13(18,19)20/h3-6,11,21H,1-2H3,(H,22,23)/t11-/m0/s1. The first-order chi connectivity index (χ1) is 10.3. The molecule has 130 valence electrons. The van der Waals surface area contributed by atoms with Crippen molar-refractivity contribution in [2.24, 2.45) is 5.92 Å². The highest BCUT2D eigenvalue weighted by molar-refractivity contribution is 6.68. The zero-order chi connectivity index (χ0) is 18.0. The van der Waals surface area contributed by atoms with Crippen LogP contribution in [0.4, 0.5) is 18.9 Å². The van der Waals surface area contributed by atoms with Gasteiger partial charge in [0.25, 0.3) is 0 Å². The Morgan fingerprint density at radius 1 is 1.17 bits per heavy atom. The Bertz CT molecular complexity index is 573. The molecule has 0 aromatic heterocycles. The van der Waals surface area contributed by atoms with Crippen LogP contribution in [-0.4, -0.2) is 15.9 Å². The topological polar surface area (TPSA) is 41.1 Å². The highest BCUT2D eigenvalue weighted by Gasteiger charge is 2.35. The minimum absolute atomic E-state index is 0.0834. The van der Waals surface area contributed by atoms with Crippen LogP contribution in [0, 0.1) is 5.92 Å². The van der Waals surface area contributed by atoms with Crippen LogP contribution in [0.2, 0.25) is 5.02 Å². The van der Waals surface area contributed by atoms with Gasteiger partial charge in [-0.3, -0.25) is 4.79 Å². The number of carbonyl (C=O) groups is 1. The van der Waals surface area contributed by atoms with Crippen molar-refractivity contribution in [1.29, 1.82) is 0 Å². The van der Waals surface area contributed by atoms with Gasteiger partial charge in [-0.25, -0.2) is 0 Å². The van der Waals surface area contributed by atoms with Crippen LogP contribution < -0.4 is 10.6 Å². The largest absolute Gasteiger partial charge is 0.416 e. The van der Waals surface area contributed by atoms with Crippen LogP contribution in [0.1, 0.15) is 19.4 Å². The minimum atomic E-state index is -4.53. The zero-order valence-corrected chi connectivity index (χ0v) is 15.0. The lowest BCUT2D eigenvalue weighted by Gasteiger charge is -2.28. The van der Waals surface area contributed by atoms with E-state index < -0.39 is 27.6 Å². The van der Waals surface area contributed by atoms with Gasteiger partial charge in [0.05, 0.1) is 16.3 Å². The maximum absolute atomic E-state index is 12.6. The second-order valence-electron chi connectivity index (χ2n) is 4.97. The number of hydrogen-bond acceptors (Lipinski definition) is 2. The van der Waals surface area contributed by atoms with E-state index in [2.05, 4.69) is 10.6 Å². The van der Waals surface area contributed by atoms with E-state index in [0.29, 0.717) is 0 Å². The number of rotatable bonds is 4. The first-order valence-electron chi connectivity index (χ1n) is 6.32. The molecule has 1 rings (SSSR count). The Hall–Kier alpha value is -0.560. The van der Waals surface area contributed by atoms with Gasteiger partial charge in [-0.1, -0.05) is 60.3 Å². The summed E-state index contributed by atoms with van der Waals surface area (Å²) in [7, 11) is 0. The molecule has 0 radical (unpaired) electrons. The summed E-state index contributed by atoms with van der Waals surface area (Å²) in [5.74, 6) is -0.786. The molecule has 10 heteroatoms. The Morgan fingerprint density at radius 2 is 1.74 bits per heavy atom. The van der Waals surface area contributed by atoms with Gasteiger partial charge in [-0.2, -0.15) is 13.2 Å². The number of amides is 1. The van der Waals surface area contributed by atoms with Crippen molar-refractivity contribution < 1.29 is 18.0 Å². The van der Waals surface area contributed by atoms with Crippen molar-refractivity contribution in [2.45, 2.75) is 30.0 Å². The fourth-order valence-electron chi connectivity index (χ4n) is 1.47. The second-order valence-corrected chi connectivity index (χ2v) is 7.75. The van der Waals surface area contributed by atoms with Crippen molar-refractivity contribution in [2.75, 3.05) is 5.32 Å². The summed E-state index contributed by atoms with van der Waals surface area (Å²) in [6.45, 7) is 3.27. The van der Waals surface area contributed by atoms with E-state index in [4.69, 9.17) is 46.4 Å².